The van der Waals surface area contributed by atoms with Gasteiger partial charge in [-0.25, -0.2) is 19.6 Å². The van der Waals surface area contributed by atoms with E-state index in [0.717, 1.165) is 74.4 Å². The summed E-state index contributed by atoms with van der Waals surface area (Å²) in [5, 5.41) is 18.1. The second-order valence-corrected chi connectivity index (χ2v) is 16.6. The fourth-order valence-electron chi connectivity index (χ4n) is 8.73. The molecule has 4 amide bonds. The monoisotopic (exact) mass is 844 g/mol. The molecule has 4 heterocycles. The lowest BCUT2D eigenvalue weighted by Gasteiger charge is -2.34. The predicted molar refractivity (Wildman–Crippen MR) is 233 cm³/mol. The lowest BCUT2D eigenvalue weighted by atomic mass is 9.97. The fourth-order valence-corrected chi connectivity index (χ4v) is 8.73. The molecule has 0 saturated carbocycles. The molecule has 62 heavy (non-hydrogen) atoms. The minimum Gasteiger partial charge on any atom is -0.453 e. The van der Waals surface area contributed by atoms with Crippen LogP contribution in [0.1, 0.15) is 70.2 Å². The van der Waals surface area contributed by atoms with Crippen molar-refractivity contribution in [2.45, 2.75) is 82.3 Å². The molecule has 16 heteroatoms. The number of aromatic amines is 2. The van der Waals surface area contributed by atoms with Gasteiger partial charge in [0.15, 0.2) is 0 Å². The van der Waals surface area contributed by atoms with Crippen molar-refractivity contribution in [3.63, 3.8) is 0 Å². The number of fused-ring (bicyclic) bond motifs is 3. The van der Waals surface area contributed by atoms with Crippen LogP contribution in [-0.2, 0) is 23.8 Å². The first-order chi connectivity index (χ1) is 29.8. The van der Waals surface area contributed by atoms with Crippen LogP contribution in [0.15, 0.2) is 72.8 Å². The average molecular weight is 845 g/mol. The van der Waals surface area contributed by atoms with Gasteiger partial charge in [0.25, 0.3) is 0 Å². The average Bonchev–Trinajstić information content (AvgIpc) is 4.11. The molecule has 16 nitrogen and oxygen atoms in total. The number of rotatable bonds is 11. The second kappa shape index (κ2) is 17.1. The molecule has 4 aromatic carbocycles. The van der Waals surface area contributed by atoms with Crippen LogP contribution in [0.2, 0.25) is 0 Å². The van der Waals surface area contributed by atoms with Crippen molar-refractivity contribution in [3.05, 3.63) is 84.4 Å². The van der Waals surface area contributed by atoms with E-state index < -0.39 is 41.9 Å². The Hall–Kier alpha value is -6.52. The summed E-state index contributed by atoms with van der Waals surface area (Å²) in [7, 11) is 3.97. The van der Waals surface area contributed by atoms with E-state index in [2.05, 4.69) is 75.2 Å². The van der Waals surface area contributed by atoms with Gasteiger partial charge in [0, 0.05) is 20.2 Å². The summed E-state index contributed by atoms with van der Waals surface area (Å²) in [6, 6.07) is 22.2. The minimum atomic E-state index is -1.52. The van der Waals surface area contributed by atoms with Crippen LogP contribution >= 0.6 is 0 Å². The number of carbonyl (C=O) groups is 4. The van der Waals surface area contributed by atoms with Crippen molar-refractivity contribution in [2.75, 3.05) is 34.4 Å². The van der Waals surface area contributed by atoms with Crippen LogP contribution in [0.4, 0.5) is 9.59 Å². The van der Waals surface area contributed by atoms with E-state index >= 15 is 0 Å². The summed E-state index contributed by atoms with van der Waals surface area (Å²) >= 11 is 0. The van der Waals surface area contributed by atoms with E-state index in [-0.39, 0.29) is 18.0 Å². The number of benzene rings is 4. The number of alkyl carbamates (subject to hydrolysis) is 2. The van der Waals surface area contributed by atoms with Gasteiger partial charge in [0.1, 0.15) is 23.7 Å². The molecular weight excluding hydrogens is 793 g/mol. The Morgan fingerprint density at radius 2 is 1.15 bits per heavy atom. The molecule has 5 atom stereocenters. The van der Waals surface area contributed by atoms with E-state index in [9.17, 15) is 24.3 Å². The molecule has 6 aromatic rings. The molecule has 0 unspecified atom stereocenters. The minimum absolute atomic E-state index is 0.250. The van der Waals surface area contributed by atoms with E-state index in [1.165, 1.54) is 35.2 Å². The Labute approximate surface area is 358 Å². The molecule has 2 saturated heterocycles. The molecule has 0 bridgehead atoms. The smallest absolute Gasteiger partial charge is 0.407 e. The number of nitrogens with one attached hydrogen (secondary N) is 4. The second-order valence-electron chi connectivity index (χ2n) is 16.6. The third-order valence-corrected chi connectivity index (χ3v) is 12.2. The van der Waals surface area contributed by atoms with Gasteiger partial charge < -0.3 is 49.7 Å². The van der Waals surface area contributed by atoms with Crippen LogP contribution < -0.4 is 10.6 Å². The van der Waals surface area contributed by atoms with Gasteiger partial charge >= 0.3 is 12.2 Å². The Balaban J connectivity index is 0.995. The van der Waals surface area contributed by atoms with Gasteiger partial charge in [0.2, 0.25) is 11.8 Å². The Morgan fingerprint density at radius 3 is 1.61 bits per heavy atom. The number of carbonyl (C=O) groups excluding carboxylic acids is 4. The number of amides is 4. The first-order valence-electron chi connectivity index (χ1n) is 20.8. The summed E-state index contributed by atoms with van der Waals surface area (Å²) in [6.45, 7) is 5.71. The van der Waals surface area contributed by atoms with Crippen LogP contribution in [0.5, 0.6) is 0 Å². The normalized spacial score (nSPS) is 18.2. The zero-order valence-electron chi connectivity index (χ0n) is 35.7. The summed E-state index contributed by atoms with van der Waals surface area (Å²) < 4.78 is 14.9. The topological polar surface area (TPSA) is 204 Å². The number of H-pyrrole nitrogens is 2. The van der Waals surface area contributed by atoms with Crippen LogP contribution in [-0.4, -0.2) is 117 Å². The molecule has 2 fully saturated rings. The molecule has 0 aliphatic carbocycles. The van der Waals surface area contributed by atoms with Gasteiger partial charge in [-0.1, -0.05) is 36.4 Å². The van der Waals surface area contributed by atoms with Gasteiger partial charge in [0.05, 0.1) is 60.1 Å². The molecule has 2 aliphatic rings. The highest BCUT2D eigenvalue weighted by molar-refractivity contribution is 5.93. The SMILES string of the molecule is COC(=O)N[C@H](C(=O)N1CCC[C@H]1c1nc2ccc(-c3ccc4cc(-c5ccc6nc([C@@H]7CCCN7C(=O)[C@@H](NC(=O)OC)C(C)(C)O)[nH]c6c5)ccc4c3)cc2[nH]1)[C@@H](C)OC. The van der Waals surface area contributed by atoms with Gasteiger partial charge in [-0.3, -0.25) is 9.59 Å². The van der Waals surface area contributed by atoms with Crippen molar-refractivity contribution in [2.24, 2.45) is 0 Å². The molecule has 8 rings (SSSR count). The number of hydrogen-bond donors (Lipinski definition) is 5. The summed E-state index contributed by atoms with van der Waals surface area (Å²) in [5.74, 6) is 0.696. The van der Waals surface area contributed by atoms with Crippen molar-refractivity contribution < 1.29 is 38.5 Å². The zero-order chi connectivity index (χ0) is 43.9. The first-order valence-corrected chi connectivity index (χ1v) is 20.8. The van der Waals surface area contributed by atoms with E-state index in [4.69, 9.17) is 24.2 Å². The van der Waals surface area contributed by atoms with Crippen molar-refractivity contribution in [1.82, 2.24) is 40.4 Å². The van der Waals surface area contributed by atoms with E-state index in [0.29, 0.717) is 31.2 Å². The molecule has 5 N–H and O–H groups in total. The Bertz CT molecular complexity index is 2670. The molecule has 0 radical (unpaired) electrons. The summed E-state index contributed by atoms with van der Waals surface area (Å²) in [5.41, 5.74) is 5.86. The third kappa shape index (κ3) is 8.27. The van der Waals surface area contributed by atoms with Gasteiger partial charge in [-0.15, -0.1) is 0 Å². The largest absolute Gasteiger partial charge is 0.453 e. The van der Waals surface area contributed by atoms with Gasteiger partial charge in [-0.2, -0.15) is 0 Å². The van der Waals surface area contributed by atoms with Crippen molar-refractivity contribution in [3.8, 4) is 22.3 Å². The van der Waals surface area contributed by atoms with E-state index in [1.807, 2.05) is 18.2 Å². The number of aromatic nitrogens is 4. The molecule has 2 aromatic heterocycles. The lowest BCUT2D eigenvalue weighted by molar-refractivity contribution is -0.140. The Morgan fingerprint density at radius 1 is 0.694 bits per heavy atom. The van der Waals surface area contributed by atoms with Crippen LogP contribution in [0, 0.1) is 0 Å². The predicted octanol–water partition coefficient (Wildman–Crippen LogP) is 6.51. The zero-order valence-corrected chi connectivity index (χ0v) is 35.7. The molecule has 0 spiro atoms. The number of methoxy groups -OCH3 is 3. The van der Waals surface area contributed by atoms with Crippen LogP contribution in [0.25, 0.3) is 55.1 Å². The van der Waals surface area contributed by atoms with E-state index in [1.54, 1.807) is 16.7 Å². The van der Waals surface area contributed by atoms with Gasteiger partial charge in [-0.05, 0) is 116 Å². The van der Waals surface area contributed by atoms with Crippen molar-refractivity contribution in [1.29, 1.82) is 0 Å². The number of ether oxygens (including phenoxy) is 3. The maximum atomic E-state index is 13.7. The number of nitrogens with zero attached hydrogens (tertiary/aromatic N) is 4. The van der Waals surface area contributed by atoms with Crippen molar-refractivity contribution >= 4 is 56.8 Å². The summed E-state index contributed by atoms with van der Waals surface area (Å²) in [4.78, 5) is 71.7. The molecular formula is C46H52N8O8. The molecule has 324 valence electrons. The third-order valence-electron chi connectivity index (χ3n) is 12.2. The number of aliphatic hydroxyl groups is 1. The highest BCUT2D eigenvalue weighted by Gasteiger charge is 2.43. The molecule has 2 aliphatic heterocycles. The fraction of sp³-hybridized carbons (Fsp3) is 0.391. The maximum Gasteiger partial charge on any atom is 0.407 e. The highest BCUT2D eigenvalue weighted by atomic mass is 16.5. The number of imidazole rings is 2. The first kappa shape index (κ1) is 42.2. The lowest BCUT2D eigenvalue weighted by Crippen LogP contribution is -2.58. The Kier molecular flexibility index (Phi) is 11.6. The highest BCUT2D eigenvalue weighted by Crippen LogP contribution is 2.36. The standard InChI is InChI=1S/C46H52N8O8/c1-25(60-4)38(51-44(57)61-5)42(55)53-19-7-9-36(53)40-47-32-17-15-30(23-34(32)49-40)28-13-11-27-22-29(14-12-26(27)21-28)31-16-18-33-35(24-31)50-41(48-33)37-10-8-20-54(37)43(56)39(46(2,3)59)52-45(58)62-6/h11-18,21-25,36-39,59H,7-10,19-20H2,1-6H3,(H,47,49)(H,48,50)(H,51,57)(H,52,58)/t25-,36+,37+,38+,39-/m1/s1. The quantitative estimate of drug-likeness (QED) is 0.0957. The maximum absolute atomic E-state index is 13.7. The van der Waals surface area contributed by atoms with Crippen LogP contribution in [0.3, 0.4) is 0 Å². The number of hydrogen-bond acceptors (Lipinski definition) is 10. The number of likely N-dealkylation sites (tertiary alicyclic amines) is 2. The summed E-state index contributed by atoms with van der Waals surface area (Å²) in [6.07, 6.45) is 0.929.